The van der Waals surface area contributed by atoms with Gasteiger partial charge in [0.15, 0.2) is 0 Å². The van der Waals surface area contributed by atoms with Crippen molar-refractivity contribution in [2.75, 3.05) is 32.9 Å². The lowest BCUT2D eigenvalue weighted by atomic mass is 9.80. The fourth-order valence-electron chi connectivity index (χ4n) is 4.75. The van der Waals surface area contributed by atoms with Crippen LogP contribution in [0.2, 0.25) is 0 Å². The fraction of sp³-hybridized carbons (Fsp3) is 0.333. The average molecular weight is 359 g/mol. The number of benzene rings is 2. The van der Waals surface area contributed by atoms with Crippen LogP contribution in [-0.4, -0.2) is 37.8 Å². The van der Waals surface area contributed by atoms with Crippen molar-refractivity contribution in [1.82, 2.24) is 4.90 Å². The Labute approximate surface area is 160 Å². The van der Waals surface area contributed by atoms with E-state index in [1.165, 1.54) is 22.3 Å². The van der Waals surface area contributed by atoms with Gasteiger partial charge in [0, 0.05) is 24.2 Å². The van der Waals surface area contributed by atoms with Gasteiger partial charge in [0.1, 0.15) is 5.76 Å². The smallest absolute Gasteiger partial charge is 0.128 e. The van der Waals surface area contributed by atoms with Gasteiger partial charge in [-0.15, -0.1) is 0 Å². The molecule has 0 saturated carbocycles. The second kappa shape index (κ2) is 6.99. The SMILES string of the molecule is C1=C(c2ccccc2)C2=C(CCCO2)C1(c1ccccc1)N1CCOCC1. The van der Waals surface area contributed by atoms with E-state index in [9.17, 15) is 0 Å². The molecular formula is C24H25NO2. The van der Waals surface area contributed by atoms with Gasteiger partial charge in [-0.2, -0.15) is 0 Å². The Bertz CT molecular complexity index is 866. The van der Waals surface area contributed by atoms with Crippen molar-refractivity contribution >= 4 is 5.57 Å². The maximum absolute atomic E-state index is 6.29. The lowest BCUT2D eigenvalue weighted by Crippen LogP contribution is -2.51. The van der Waals surface area contributed by atoms with Crippen LogP contribution < -0.4 is 0 Å². The minimum absolute atomic E-state index is 0.230. The summed E-state index contributed by atoms with van der Waals surface area (Å²) in [5.74, 6) is 1.10. The number of hydrogen-bond acceptors (Lipinski definition) is 3. The van der Waals surface area contributed by atoms with Crippen LogP contribution in [0.1, 0.15) is 24.0 Å². The summed E-state index contributed by atoms with van der Waals surface area (Å²) in [6.45, 7) is 4.24. The van der Waals surface area contributed by atoms with Gasteiger partial charge in [-0.1, -0.05) is 60.7 Å². The van der Waals surface area contributed by atoms with Gasteiger partial charge < -0.3 is 9.47 Å². The van der Waals surface area contributed by atoms with E-state index >= 15 is 0 Å². The number of morpholine rings is 1. The third kappa shape index (κ3) is 2.73. The summed E-state index contributed by atoms with van der Waals surface area (Å²) in [6.07, 6.45) is 4.61. The Hall–Kier alpha value is -2.36. The maximum atomic E-state index is 6.29. The molecule has 27 heavy (non-hydrogen) atoms. The lowest BCUT2D eigenvalue weighted by Gasteiger charge is -2.45. The van der Waals surface area contributed by atoms with Crippen molar-refractivity contribution in [3.05, 3.63) is 89.2 Å². The fourth-order valence-corrected chi connectivity index (χ4v) is 4.75. The van der Waals surface area contributed by atoms with E-state index in [-0.39, 0.29) is 5.54 Å². The molecule has 3 nitrogen and oxygen atoms in total. The van der Waals surface area contributed by atoms with E-state index in [4.69, 9.17) is 9.47 Å². The number of hydrogen-bond donors (Lipinski definition) is 0. The zero-order chi connectivity index (χ0) is 18.1. The standard InChI is InChI=1S/C24H25NO2/c1-3-8-19(9-4-1)21-18-24(20-10-5-2-6-11-20,25-13-16-26-17-14-25)22-12-7-15-27-23(21)22/h1-6,8-11,18H,7,12-17H2. The molecule has 3 aliphatic rings. The molecule has 2 aliphatic heterocycles. The van der Waals surface area contributed by atoms with Crippen LogP contribution >= 0.6 is 0 Å². The molecule has 0 bridgehead atoms. The first kappa shape index (κ1) is 16.8. The van der Waals surface area contributed by atoms with Crippen molar-refractivity contribution in [2.24, 2.45) is 0 Å². The molecule has 5 rings (SSSR count). The molecule has 138 valence electrons. The summed E-state index contributed by atoms with van der Waals surface area (Å²) in [5.41, 5.74) is 4.99. The summed E-state index contributed by atoms with van der Waals surface area (Å²) >= 11 is 0. The predicted molar refractivity (Wildman–Crippen MR) is 107 cm³/mol. The molecule has 0 aromatic heterocycles. The molecule has 1 unspecified atom stereocenters. The van der Waals surface area contributed by atoms with Crippen molar-refractivity contribution in [2.45, 2.75) is 18.4 Å². The molecule has 1 atom stereocenters. The van der Waals surface area contributed by atoms with Gasteiger partial charge in [-0.05, 0) is 30.0 Å². The Morgan fingerprint density at radius 3 is 2.26 bits per heavy atom. The molecule has 0 amide bonds. The lowest BCUT2D eigenvalue weighted by molar-refractivity contribution is 0.00116. The molecule has 2 heterocycles. The third-order valence-corrected chi connectivity index (χ3v) is 5.96. The quantitative estimate of drug-likeness (QED) is 0.812. The molecule has 0 N–H and O–H groups in total. The predicted octanol–water partition coefficient (Wildman–Crippen LogP) is 4.38. The zero-order valence-corrected chi connectivity index (χ0v) is 15.6. The van der Waals surface area contributed by atoms with Gasteiger partial charge in [0.25, 0.3) is 0 Å². The van der Waals surface area contributed by atoms with E-state index < -0.39 is 0 Å². The Balaban J connectivity index is 1.74. The second-order valence-electron chi connectivity index (χ2n) is 7.42. The van der Waals surface area contributed by atoms with Crippen molar-refractivity contribution in [3.63, 3.8) is 0 Å². The first-order valence-corrected chi connectivity index (χ1v) is 9.93. The van der Waals surface area contributed by atoms with Gasteiger partial charge in [-0.25, -0.2) is 0 Å². The van der Waals surface area contributed by atoms with E-state index in [2.05, 4.69) is 71.6 Å². The average Bonchev–Trinajstić information content (AvgIpc) is 3.12. The van der Waals surface area contributed by atoms with Crippen LogP contribution in [0.25, 0.3) is 5.57 Å². The minimum atomic E-state index is -0.230. The summed E-state index contributed by atoms with van der Waals surface area (Å²) in [5, 5.41) is 0. The maximum Gasteiger partial charge on any atom is 0.128 e. The zero-order valence-electron chi connectivity index (χ0n) is 15.6. The number of rotatable bonds is 3. The van der Waals surface area contributed by atoms with Crippen molar-refractivity contribution < 1.29 is 9.47 Å². The number of nitrogens with zero attached hydrogens (tertiary/aromatic N) is 1. The molecule has 1 fully saturated rings. The van der Waals surface area contributed by atoms with Gasteiger partial charge >= 0.3 is 0 Å². The number of allylic oxidation sites excluding steroid dienone is 1. The Morgan fingerprint density at radius 2 is 1.52 bits per heavy atom. The molecule has 1 saturated heterocycles. The largest absolute Gasteiger partial charge is 0.493 e. The van der Waals surface area contributed by atoms with Crippen LogP contribution in [-0.2, 0) is 15.0 Å². The Kier molecular flexibility index (Phi) is 4.35. The van der Waals surface area contributed by atoms with E-state index in [0.29, 0.717) is 0 Å². The monoisotopic (exact) mass is 359 g/mol. The molecule has 2 aromatic rings. The van der Waals surface area contributed by atoms with Crippen LogP contribution in [0, 0.1) is 0 Å². The minimum Gasteiger partial charge on any atom is -0.493 e. The van der Waals surface area contributed by atoms with Gasteiger partial charge in [0.05, 0.1) is 25.4 Å². The number of ether oxygens (including phenoxy) is 2. The molecular weight excluding hydrogens is 334 g/mol. The van der Waals surface area contributed by atoms with E-state index in [0.717, 1.165) is 51.5 Å². The van der Waals surface area contributed by atoms with Gasteiger partial charge in [-0.3, -0.25) is 4.90 Å². The molecule has 0 spiro atoms. The summed E-state index contributed by atoms with van der Waals surface area (Å²) in [6, 6.07) is 21.6. The second-order valence-corrected chi connectivity index (χ2v) is 7.42. The highest BCUT2D eigenvalue weighted by molar-refractivity contribution is 5.84. The van der Waals surface area contributed by atoms with E-state index in [1.807, 2.05) is 0 Å². The molecule has 1 aliphatic carbocycles. The molecule has 3 heteroatoms. The van der Waals surface area contributed by atoms with Crippen LogP contribution in [0.4, 0.5) is 0 Å². The molecule has 2 aromatic carbocycles. The third-order valence-electron chi connectivity index (χ3n) is 5.96. The summed E-state index contributed by atoms with van der Waals surface area (Å²) in [7, 11) is 0. The highest BCUT2D eigenvalue weighted by Gasteiger charge is 2.48. The summed E-state index contributed by atoms with van der Waals surface area (Å²) in [4.78, 5) is 2.59. The molecule has 0 radical (unpaired) electrons. The normalized spacial score (nSPS) is 25.7. The first-order chi connectivity index (χ1) is 13.4. The van der Waals surface area contributed by atoms with Gasteiger partial charge in [0.2, 0.25) is 0 Å². The van der Waals surface area contributed by atoms with E-state index in [1.54, 1.807) is 0 Å². The topological polar surface area (TPSA) is 21.7 Å². The highest BCUT2D eigenvalue weighted by Crippen LogP contribution is 2.52. The van der Waals surface area contributed by atoms with Crippen LogP contribution in [0.5, 0.6) is 0 Å². The van der Waals surface area contributed by atoms with Crippen molar-refractivity contribution in [3.8, 4) is 0 Å². The van der Waals surface area contributed by atoms with Crippen LogP contribution in [0.15, 0.2) is 78.1 Å². The summed E-state index contributed by atoms with van der Waals surface area (Å²) < 4.78 is 12.0. The van der Waals surface area contributed by atoms with Crippen molar-refractivity contribution in [1.29, 1.82) is 0 Å². The Morgan fingerprint density at radius 1 is 0.815 bits per heavy atom. The highest BCUT2D eigenvalue weighted by atomic mass is 16.5. The first-order valence-electron chi connectivity index (χ1n) is 9.93. The van der Waals surface area contributed by atoms with Crippen LogP contribution in [0.3, 0.4) is 0 Å².